The number of nitrogens with zero attached hydrogens (tertiary/aromatic N) is 1. The van der Waals surface area contributed by atoms with Crippen LogP contribution in [0.25, 0.3) is 0 Å². The molecular formula is C21H27N5O2S. The number of carbonyl (C=O) groups is 1. The predicted octanol–water partition coefficient (Wildman–Crippen LogP) is 3.65. The highest BCUT2D eigenvalue weighted by atomic mass is 32.1. The fourth-order valence-electron chi connectivity index (χ4n) is 3.10. The van der Waals surface area contributed by atoms with Crippen LogP contribution in [0.3, 0.4) is 0 Å². The van der Waals surface area contributed by atoms with E-state index in [0.29, 0.717) is 10.9 Å². The number of aryl methyl sites for hydroxylation is 1. The Morgan fingerprint density at radius 3 is 2.59 bits per heavy atom. The Labute approximate surface area is 176 Å². The first-order valence-electron chi connectivity index (χ1n) is 9.63. The molecule has 154 valence electrons. The lowest BCUT2D eigenvalue weighted by Gasteiger charge is -2.20. The van der Waals surface area contributed by atoms with Crippen LogP contribution in [-0.2, 0) is 6.42 Å². The topological polar surface area (TPSA) is 90.7 Å². The molecule has 1 aliphatic carbocycles. The molecular weight excluding hydrogens is 386 g/mol. The molecule has 0 fully saturated rings. The standard InChI is InChI=1S/C21H27N5O2S/c1-13-17-15(23-25-20(29)22-14-9-6-5-7-10-14)11-8-12-16(17)28-18(13)19(27)24-26-21(2,3)4/h5-7,9-10,26H,8,11-12H2,1-4H3,(H,24,27)(H2,22,25,29)/b23-15+. The Kier molecular flexibility index (Phi) is 6.34. The molecule has 0 radical (unpaired) electrons. The van der Waals surface area contributed by atoms with Gasteiger partial charge in [-0.15, -0.1) is 0 Å². The summed E-state index contributed by atoms with van der Waals surface area (Å²) in [6.07, 6.45) is 2.47. The van der Waals surface area contributed by atoms with Gasteiger partial charge < -0.3 is 9.73 Å². The Balaban J connectivity index is 1.74. The highest BCUT2D eigenvalue weighted by Crippen LogP contribution is 2.29. The number of furan rings is 1. The van der Waals surface area contributed by atoms with Crippen molar-refractivity contribution in [1.29, 1.82) is 0 Å². The van der Waals surface area contributed by atoms with E-state index in [9.17, 15) is 4.79 Å². The minimum atomic E-state index is -0.291. The molecule has 0 unspecified atom stereocenters. The van der Waals surface area contributed by atoms with Crippen LogP contribution in [-0.4, -0.2) is 22.3 Å². The molecule has 1 aliphatic rings. The van der Waals surface area contributed by atoms with Gasteiger partial charge in [-0.3, -0.25) is 15.6 Å². The average Bonchev–Trinajstić information content (AvgIpc) is 3.02. The molecule has 1 heterocycles. The quantitative estimate of drug-likeness (QED) is 0.452. The van der Waals surface area contributed by atoms with Gasteiger partial charge in [-0.25, -0.2) is 5.43 Å². The highest BCUT2D eigenvalue weighted by molar-refractivity contribution is 7.80. The Bertz CT molecular complexity index is 929. The van der Waals surface area contributed by atoms with Crippen molar-refractivity contribution in [3.63, 3.8) is 0 Å². The lowest BCUT2D eigenvalue weighted by Crippen LogP contribution is -2.48. The van der Waals surface area contributed by atoms with Gasteiger partial charge >= 0.3 is 5.91 Å². The first kappa shape index (κ1) is 21.0. The summed E-state index contributed by atoms with van der Waals surface area (Å²) in [6.45, 7) is 7.79. The van der Waals surface area contributed by atoms with E-state index in [1.165, 1.54) is 0 Å². The van der Waals surface area contributed by atoms with Crippen LogP contribution < -0.4 is 21.6 Å². The van der Waals surface area contributed by atoms with E-state index in [-0.39, 0.29) is 11.4 Å². The molecule has 0 saturated carbocycles. The zero-order valence-electron chi connectivity index (χ0n) is 17.2. The highest BCUT2D eigenvalue weighted by Gasteiger charge is 2.28. The summed E-state index contributed by atoms with van der Waals surface area (Å²) < 4.78 is 5.89. The number of benzene rings is 1. The average molecular weight is 414 g/mol. The number of hydrazine groups is 1. The molecule has 0 spiro atoms. The summed E-state index contributed by atoms with van der Waals surface area (Å²) in [4.78, 5) is 12.6. The lowest BCUT2D eigenvalue weighted by molar-refractivity contribution is 0.0883. The summed E-state index contributed by atoms with van der Waals surface area (Å²) in [6, 6.07) is 9.66. The fourth-order valence-corrected chi connectivity index (χ4v) is 3.26. The van der Waals surface area contributed by atoms with Gasteiger partial charge in [-0.2, -0.15) is 5.10 Å². The number of carbonyl (C=O) groups excluding carboxylic acids is 1. The third-order valence-electron chi connectivity index (χ3n) is 4.41. The maximum absolute atomic E-state index is 12.6. The second kappa shape index (κ2) is 8.75. The maximum Gasteiger partial charge on any atom is 0.301 e. The van der Waals surface area contributed by atoms with Crippen LogP contribution in [0, 0.1) is 6.92 Å². The Morgan fingerprint density at radius 1 is 1.17 bits per heavy atom. The van der Waals surface area contributed by atoms with Crippen molar-refractivity contribution in [2.45, 2.75) is 52.5 Å². The smallest absolute Gasteiger partial charge is 0.301 e. The number of anilines is 1. The SMILES string of the molecule is Cc1c(C(=O)NNC(C)(C)C)oc2c1/C(=N/NC(=S)Nc1ccccc1)CCC2. The summed E-state index contributed by atoms with van der Waals surface area (Å²) in [5.74, 6) is 0.809. The van der Waals surface area contributed by atoms with Crippen molar-refractivity contribution in [1.82, 2.24) is 16.3 Å². The number of nitrogens with one attached hydrogen (secondary N) is 4. The van der Waals surface area contributed by atoms with Gasteiger partial charge in [-0.1, -0.05) is 18.2 Å². The monoisotopic (exact) mass is 413 g/mol. The van der Waals surface area contributed by atoms with Crippen LogP contribution in [0.2, 0.25) is 0 Å². The second-order valence-electron chi connectivity index (χ2n) is 8.03. The van der Waals surface area contributed by atoms with Crippen molar-refractivity contribution in [3.05, 3.63) is 53.0 Å². The number of rotatable bonds is 4. The van der Waals surface area contributed by atoms with E-state index >= 15 is 0 Å². The van der Waals surface area contributed by atoms with E-state index < -0.39 is 0 Å². The third kappa shape index (κ3) is 5.42. The van der Waals surface area contributed by atoms with Gasteiger partial charge in [0.2, 0.25) is 0 Å². The van der Waals surface area contributed by atoms with Crippen molar-refractivity contribution in [2.75, 3.05) is 5.32 Å². The molecule has 1 aromatic heterocycles. The number of thiocarbonyl (C=S) groups is 1. The fraction of sp³-hybridized carbons (Fsp3) is 0.381. The minimum absolute atomic E-state index is 0.242. The van der Waals surface area contributed by atoms with E-state index in [0.717, 1.165) is 47.5 Å². The molecule has 1 amide bonds. The number of para-hydroxylation sites is 1. The van der Waals surface area contributed by atoms with Crippen LogP contribution in [0.5, 0.6) is 0 Å². The number of hydrogen-bond acceptors (Lipinski definition) is 5. The zero-order chi connectivity index (χ0) is 21.0. The van der Waals surface area contributed by atoms with Crippen LogP contribution in [0.4, 0.5) is 5.69 Å². The molecule has 7 nitrogen and oxygen atoms in total. The van der Waals surface area contributed by atoms with Crippen LogP contribution >= 0.6 is 12.2 Å². The molecule has 2 aromatic rings. The molecule has 0 atom stereocenters. The normalized spacial score (nSPS) is 15.0. The maximum atomic E-state index is 12.6. The van der Waals surface area contributed by atoms with Gasteiger partial charge in [0, 0.05) is 28.8 Å². The molecule has 4 N–H and O–H groups in total. The third-order valence-corrected chi connectivity index (χ3v) is 4.60. The van der Waals surface area contributed by atoms with Gasteiger partial charge in [0.25, 0.3) is 0 Å². The molecule has 1 aromatic carbocycles. The second-order valence-corrected chi connectivity index (χ2v) is 8.44. The number of hydrazone groups is 1. The van der Waals surface area contributed by atoms with Crippen molar-refractivity contribution in [3.8, 4) is 0 Å². The van der Waals surface area contributed by atoms with Gasteiger partial charge in [0.05, 0.1) is 5.71 Å². The van der Waals surface area contributed by atoms with Gasteiger partial charge in [0.1, 0.15) is 5.76 Å². The van der Waals surface area contributed by atoms with E-state index in [1.807, 2.05) is 58.0 Å². The summed E-state index contributed by atoms with van der Waals surface area (Å²) in [5, 5.41) is 7.99. The van der Waals surface area contributed by atoms with E-state index in [2.05, 4.69) is 26.7 Å². The number of fused-ring (bicyclic) bond motifs is 1. The van der Waals surface area contributed by atoms with Crippen LogP contribution in [0.1, 0.15) is 61.1 Å². The Morgan fingerprint density at radius 2 is 1.90 bits per heavy atom. The summed E-state index contributed by atoms with van der Waals surface area (Å²) >= 11 is 5.33. The minimum Gasteiger partial charge on any atom is -0.455 e. The summed E-state index contributed by atoms with van der Waals surface area (Å²) in [5.41, 5.74) is 11.8. The molecule has 3 rings (SSSR count). The van der Waals surface area contributed by atoms with Gasteiger partial charge in [0.15, 0.2) is 10.9 Å². The van der Waals surface area contributed by atoms with Crippen LogP contribution in [0.15, 0.2) is 39.9 Å². The largest absolute Gasteiger partial charge is 0.455 e. The first-order valence-corrected chi connectivity index (χ1v) is 10.0. The first-order chi connectivity index (χ1) is 13.7. The predicted molar refractivity (Wildman–Crippen MR) is 119 cm³/mol. The van der Waals surface area contributed by atoms with Gasteiger partial charge in [-0.05, 0) is 64.9 Å². The molecule has 8 heteroatoms. The molecule has 29 heavy (non-hydrogen) atoms. The Hall–Kier alpha value is -2.71. The molecule has 0 bridgehead atoms. The summed E-state index contributed by atoms with van der Waals surface area (Å²) in [7, 11) is 0. The molecule has 0 saturated heterocycles. The number of hydrogen-bond donors (Lipinski definition) is 4. The van der Waals surface area contributed by atoms with Crippen molar-refractivity contribution in [2.24, 2.45) is 5.10 Å². The lowest BCUT2D eigenvalue weighted by atomic mass is 9.93. The van der Waals surface area contributed by atoms with Crippen molar-refractivity contribution < 1.29 is 9.21 Å². The molecule has 0 aliphatic heterocycles. The number of amides is 1. The van der Waals surface area contributed by atoms with E-state index in [1.54, 1.807) is 0 Å². The van der Waals surface area contributed by atoms with Crippen molar-refractivity contribution >= 4 is 34.6 Å². The zero-order valence-corrected chi connectivity index (χ0v) is 18.0. The van der Waals surface area contributed by atoms with E-state index in [4.69, 9.17) is 16.6 Å².